The highest BCUT2D eigenvalue weighted by Gasteiger charge is 2.32. The van der Waals surface area contributed by atoms with Crippen LogP contribution in [0.1, 0.15) is 27.9 Å². The number of carbonyl (C=O) groups excluding carboxylic acids is 1. The van der Waals surface area contributed by atoms with E-state index in [2.05, 4.69) is 0 Å². The molecule has 0 bridgehead atoms. The maximum Gasteiger partial charge on any atom is 0.416 e. The Morgan fingerprint density at radius 2 is 1.86 bits per heavy atom. The van der Waals surface area contributed by atoms with Crippen LogP contribution < -0.4 is 4.74 Å². The van der Waals surface area contributed by atoms with Gasteiger partial charge in [0.2, 0.25) is 0 Å². The Bertz CT molecular complexity index is 748. The lowest BCUT2D eigenvalue weighted by molar-refractivity contribution is -0.137. The molecule has 114 valence electrons. The average Bonchev–Trinajstić information content (AvgIpc) is 2.87. The number of alkyl halides is 3. The van der Waals surface area contributed by atoms with E-state index in [1.165, 1.54) is 13.2 Å². The smallest absolute Gasteiger partial charge is 0.416 e. The number of ketones is 1. The molecule has 0 amide bonds. The number of ether oxygens (including phenoxy) is 1. The molecular weight excluding hydrogens is 293 g/mol. The Hall–Kier alpha value is -2.30. The molecule has 0 fully saturated rings. The summed E-state index contributed by atoms with van der Waals surface area (Å²) in [6.07, 6.45) is -3.42. The van der Waals surface area contributed by atoms with Crippen LogP contribution in [-0.2, 0) is 12.6 Å². The number of fused-ring (bicyclic) bond motifs is 1. The van der Waals surface area contributed by atoms with Gasteiger partial charge in [0.1, 0.15) is 5.75 Å². The molecule has 5 heteroatoms. The summed E-state index contributed by atoms with van der Waals surface area (Å²) in [5, 5.41) is 0. The molecule has 0 saturated heterocycles. The summed E-state index contributed by atoms with van der Waals surface area (Å²) in [7, 11) is 1.32. The van der Waals surface area contributed by atoms with Crippen LogP contribution in [0.5, 0.6) is 5.75 Å². The summed E-state index contributed by atoms with van der Waals surface area (Å²) in [6.45, 7) is 0. The molecule has 1 aliphatic carbocycles. The summed E-state index contributed by atoms with van der Waals surface area (Å²) < 4.78 is 44.1. The molecule has 0 aromatic heterocycles. The molecule has 22 heavy (non-hydrogen) atoms. The molecule has 0 saturated carbocycles. The Balaban J connectivity index is 2.22. The van der Waals surface area contributed by atoms with Crippen molar-refractivity contribution in [1.29, 1.82) is 0 Å². The first kappa shape index (κ1) is 14.6. The highest BCUT2D eigenvalue weighted by Crippen LogP contribution is 2.38. The maximum atomic E-state index is 13.0. The van der Waals surface area contributed by atoms with E-state index >= 15 is 0 Å². The van der Waals surface area contributed by atoms with E-state index in [1.54, 1.807) is 12.1 Å². The molecule has 2 nitrogen and oxygen atoms in total. The molecule has 2 aromatic rings. The lowest BCUT2D eigenvalue weighted by Gasteiger charge is -2.13. The first-order valence-electron chi connectivity index (χ1n) is 6.82. The van der Waals surface area contributed by atoms with E-state index in [1.807, 2.05) is 6.07 Å². The summed E-state index contributed by atoms with van der Waals surface area (Å²) in [4.78, 5) is 12.0. The highest BCUT2D eigenvalue weighted by molar-refractivity contribution is 6.06. The van der Waals surface area contributed by atoms with Crippen molar-refractivity contribution < 1.29 is 22.7 Å². The van der Waals surface area contributed by atoms with Gasteiger partial charge in [0.25, 0.3) is 0 Å². The van der Waals surface area contributed by atoms with Gasteiger partial charge in [-0.15, -0.1) is 0 Å². The fraction of sp³-hybridized carbons (Fsp3) is 0.235. The Labute approximate surface area is 125 Å². The zero-order valence-electron chi connectivity index (χ0n) is 11.8. The molecule has 3 rings (SSSR count). The van der Waals surface area contributed by atoms with Crippen molar-refractivity contribution in [2.24, 2.45) is 0 Å². The van der Waals surface area contributed by atoms with E-state index in [-0.39, 0.29) is 11.5 Å². The topological polar surface area (TPSA) is 26.3 Å². The first-order chi connectivity index (χ1) is 10.4. The van der Waals surface area contributed by atoms with Crippen LogP contribution in [0.3, 0.4) is 0 Å². The third-order valence-corrected chi connectivity index (χ3v) is 3.83. The third kappa shape index (κ3) is 2.47. The molecule has 0 atom stereocenters. The predicted octanol–water partition coefficient (Wildman–Crippen LogP) is 4.51. The standard InChI is InChI=1S/C17H13F3O2/c1-22-13-8-11(7-12(9-13)17(18,19)20)14-4-2-3-10-5-6-15(21)16(10)14/h2-4,7-9H,5-6H2,1H3. The van der Waals surface area contributed by atoms with Crippen LogP contribution in [-0.4, -0.2) is 12.9 Å². The minimum Gasteiger partial charge on any atom is -0.497 e. The minimum atomic E-state index is -4.47. The highest BCUT2D eigenvalue weighted by atomic mass is 19.4. The van der Waals surface area contributed by atoms with E-state index < -0.39 is 11.7 Å². The van der Waals surface area contributed by atoms with Crippen LogP contribution in [0.25, 0.3) is 11.1 Å². The van der Waals surface area contributed by atoms with Crippen LogP contribution in [0.4, 0.5) is 13.2 Å². The quantitative estimate of drug-likeness (QED) is 0.816. The first-order valence-corrected chi connectivity index (χ1v) is 6.82. The van der Waals surface area contributed by atoms with Crippen LogP contribution >= 0.6 is 0 Å². The van der Waals surface area contributed by atoms with Crippen molar-refractivity contribution in [3.63, 3.8) is 0 Å². The van der Waals surface area contributed by atoms with Gasteiger partial charge in [-0.05, 0) is 41.3 Å². The number of carbonyl (C=O) groups is 1. The summed E-state index contributed by atoms with van der Waals surface area (Å²) >= 11 is 0. The lowest BCUT2D eigenvalue weighted by Crippen LogP contribution is -2.06. The molecular formula is C17H13F3O2. The number of hydrogen-bond acceptors (Lipinski definition) is 2. The van der Waals surface area contributed by atoms with Gasteiger partial charge in [-0.25, -0.2) is 0 Å². The van der Waals surface area contributed by atoms with Crippen molar-refractivity contribution in [2.75, 3.05) is 7.11 Å². The van der Waals surface area contributed by atoms with Gasteiger partial charge in [0.05, 0.1) is 12.7 Å². The molecule has 0 N–H and O–H groups in total. The maximum absolute atomic E-state index is 13.0. The van der Waals surface area contributed by atoms with Crippen LogP contribution in [0.15, 0.2) is 36.4 Å². The van der Waals surface area contributed by atoms with E-state index in [0.29, 0.717) is 29.5 Å². The lowest BCUT2D eigenvalue weighted by atomic mass is 9.95. The van der Waals surface area contributed by atoms with Crippen molar-refractivity contribution in [3.8, 4) is 16.9 Å². The largest absolute Gasteiger partial charge is 0.497 e. The molecule has 0 radical (unpaired) electrons. The number of hydrogen-bond donors (Lipinski definition) is 0. The van der Waals surface area contributed by atoms with Gasteiger partial charge in [-0.2, -0.15) is 13.2 Å². The second-order valence-corrected chi connectivity index (χ2v) is 5.21. The molecule has 1 aliphatic rings. The zero-order valence-corrected chi connectivity index (χ0v) is 11.8. The van der Waals surface area contributed by atoms with Crippen molar-refractivity contribution in [1.82, 2.24) is 0 Å². The van der Waals surface area contributed by atoms with Crippen molar-refractivity contribution in [2.45, 2.75) is 19.0 Å². The summed E-state index contributed by atoms with van der Waals surface area (Å²) in [6, 6.07) is 8.82. The van der Waals surface area contributed by atoms with Gasteiger partial charge < -0.3 is 4.74 Å². The number of aryl methyl sites for hydroxylation is 1. The Morgan fingerprint density at radius 1 is 1.09 bits per heavy atom. The molecule has 0 aliphatic heterocycles. The Morgan fingerprint density at radius 3 is 2.55 bits per heavy atom. The van der Waals surface area contributed by atoms with Crippen LogP contribution in [0.2, 0.25) is 0 Å². The predicted molar refractivity (Wildman–Crippen MR) is 76.1 cm³/mol. The molecule has 0 spiro atoms. The van der Waals surface area contributed by atoms with E-state index in [9.17, 15) is 18.0 Å². The second-order valence-electron chi connectivity index (χ2n) is 5.21. The summed E-state index contributed by atoms with van der Waals surface area (Å²) in [5.41, 5.74) is 1.51. The third-order valence-electron chi connectivity index (χ3n) is 3.83. The average molecular weight is 306 g/mol. The monoisotopic (exact) mass is 306 g/mol. The zero-order chi connectivity index (χ0) is 15.9. The number of benzene rings is 2. The fourth-order valence-electron chi connectivity index (χ4n) is 2.79. The van der Waals surface area contributed by atoms with Crippen LogP contribution in [0, 0.1) is 0 Å². The van der Waals surface area contributed by atoms with Gasteiger partial charge >= 0.3 is 6.18 Å². The fourth-order valence-corrected chi connectivity index (χ4v) is 2.79. The van der Waals surface area contributed by atoms with Gasteiger partial charge in [0, 0.05) is 12.0 Å². The number of rotatable bonds is 2. The van der Waals surface area contributed by atoms with Crippen molar-refractivity contribution in [3.05, 3.63) is 53.1 Å². The normalized spacial score (nSPS) is 14.1. The Kier molecular flexibility index (Phi) is 3.43. The van der Waals surface area contributed by atoms with Gasteiger partial charge in [-0.1, -0.05) is 18.2 Å². The van der Waals surface area contributed by atoms with E-state index in [4.69, 9.17) is 4.74 Å². The SMILES string of the molecule is COc1cc(-c2cccc3c2C(=O)CC3)cc(C(F)(F)F)c1. The molecule has 0 heterocycles. The van der Waals surface area contributed by atoms with E-state index in [0.717, 1.165) is 17.7 Å². The molecule has 2 aromatic carbocycles. The summed E-state index contributed by atoms with van der Waals surface area (Å²) in [5.74, 6) is 0.0925. The van der Waals surface area contributed by atoms with Gasteiger partial charge in [-0.3, -0.25) is 4.79 Å². The number of Topliss-reactive ketones (excluding diaryl/α,β-unsaturated/α-hetero) is 1. The number of halogens is 3. The van der Waals surface area contributed by atoms with Gasteiger partial charge in [0.15, 0.2) is 5.78 Å². The minimum absolute atomic E-state index is 0.0259. The number of methoxy groups -OCH3 is 1. The van der Waals surface area contributed by atoms with Crippen molar-refractivity contribution >= 4 is 5.78 Å². The second kappa shape index (κ2) is 5.16. The molecule has 0 unspecified atom stereocenters.